The molecule has 2 aliphatic heterocycles. The van der Waals surface area contributed by atoms with Crippen molar-refractivity contribution in [2.24, 2.45) is 4.99 Å². The van der Waals surface area contributed by atoms with Gasteiger partial charge in [-0.25, -0.2) is 0 Å². The third-order valence-corrected chi connectivity index (χ3v) is 6.50. The van der Waals surface area contributed by atoms with Crippen molar-refractivity contribution in [1.29, 1.82) is 0 Å². The number of likely N-dealkylation sites (tertiary alicyclic amines) is 1. The van der Waals surface area contributed by atoms with Crippen molar-refractivity contribution in [2.45, 2.75) is 36.8 Å². The number of benzene rings is 1. The fourth-order valence-electron chi connectivity index (χ4n) is 3.79. The van der Waals surface area contributed by atoms with Gasteiger partial charge in [0.2, 0.25) is 5.91 Å². The average Bonchev–Trinajstić information content (AvgIpc) is 3.28. The molecule has 6 nitrogen and oxygen atoms in total. The molecule has 1 N–H and O–H groups in total. The Morgan fingerprint density at radius 3 is 2.41 bits per heavy atom. The zero-order valence-electron chi connectivity index (χ0n) is 17.8. The number of piperazine rings is 1. The van der Waals surface area contributed by atoms with E-state index in [9.17, 15) is 4.79 Å². The molecule has 2 heterocycles. The summed E-state index contributed by atoms with van der Waals surface area (Å²) in [6, 6.07) is 10.5. The van der Waals surface area contributed by atoms with Crippen LogP contribution < -0.4 is 5.32 Å². The number of thioether (sulfide) groups is 1. The van der Waals surface area contributed by atoms with Gasteiger partial charge >= 0.3 is 0 Å². The van der Waals surface area contributed by atoms with Crippen molar-refractivity contribution < 1.29 is 4.79 Å². The van der Waals surface area contributed by atoms with Crippen LogP contribution in [-0.4, -0.2) is 90.7 Å². The van der Waals surface area contributed by atoms with Gasteiger partial charge in [0, 0.05) is 56.0 Å². The van der Waals surface area contributed by atoms with Gasteiger partial charge in [-0.3, -0.25) is 14.7 Å². The van der Waals surface area contributed by atoms with Gasteiger partial charge in [0.25, 0.3) is 0 Å². The van der Waals surface area contributed by atoms with Gasteiger partial charge < -0.3 is 15.1 Å². The monoisotopic (exact) mass is 417 g/mol. The molecule has 1 unspecified atom stereocenters. The summed E-state index contributed by atoms with van der Waals surface area (Å²) in [6.07, 6.45) is 2.31. The first-order valence-corrected chi connectivity index (χ1v) is 11.8. The lowest BCUT2D eigenvalue weighted by atomic mass is 10.3. The highest BCUT2D eigenvalue weighted by Crippen LogP contribution is 2.22. The van der Waals surface area contributed by atoms with E-state index in [1.165, 1.54) is 4.90 Å². The Hall–Kier alpha value is -1.73. The van der Waals surface area contributed by atoms with Crippen LogP contribution in [0.25, 0.3) is 0 Å². The average molecular weight is 418 g/mol. The first kappa shape index (κ1) is 22.0. The van der Waals surface area contributed by atoms with Crippen molar-refractivity contribution in [3.8, 4) is 0 Å². The van der Waals surface area contributed by atoms with E-state index in [0.717, 1.165) is 71.2 Å². The molecule has 1 amide bonds. The van der Waals surface area contributed by atoms with Gasteiger partial charge in [-0.2, -0.15) is 0 Å². The van der Waals surface area contributed by atoms with E-state index in [0.29, 0.717) is 17.7 Å². The summed E-state index contributed by atoms with van der Waals surface area (Å²) in [6.45, 7) is 12.1. The fraction of sp³-hybridized carbons (Fsp3) is 0.636. The maximum absolute atomic E-state index is 12.4. The van der Waals surface area contributed by atoms with E-state index in [1.54, 1.807) is 0 Å². The van der Waals surface area contributed by atoms with Crippen molar-refractivity contribution in [1.82, 2.24) is 20.0 Å². The van der Waals surface area contributed by atoms with Crippen LogP contribution >= 0.6 is 11.8 Å². The molecule has 0 spiro atoms. The Kier molecular flexibility index (Phi) is 8.68. The highest BCUT2D eigenvalue weighted by Gasteiger charge is 2.24. The molecule has 0 aliphatic carbocycles. The molecular formula is C22H35N5OS. The van der Waals surface area contributed by atoms with Crippen LogP contribution in [0.1, 0.15) is 26.7 Å². The molecule has 2 saturated heterocycles. The van der Waals surface area contributed by atoms with Crippen LogP contribution in [0.15, 0.2) is 40.2 Å². The Morgan fingerprint density at radius 1 is 1.07 bits per heavy atom. The molecule has 1 aromatic rings. The van der Waals surface area contributed by atoms with Crippen LogP contribution in [0.5, 0.6) is 0 Å². The van der Waals surface area contributed by atoms with Crippen molar-refractivity contribution in [3.05, 3.63) is 30.3 Å². The summed E-state index contributed by atoms with van der Waals surface area (Å²) in [5.74, 6) is 1.29. The molecule has 1 aromatic carbocycles. The van der Waals surface area contributed by atoms with Crippen molar-refractivity contribution in [3.63, 3.8) is 0 Å². The van der Waals surface area contributed by atoms with Gasteiger partial charge in [0.05, 0.1) is 13.1 Å². The number of carbonyl (C=O) groups is 1. The number of amides is 1. The van der Waals surface area contributed by atoms with E-state index in [1.807, 2.05) is 16.7 Å². The van der Waals surface area contributed by atoms with E-state index in [4.69, 9.17) is 4.99 Å². The van der Waals surface area contributed by atoms with Crippen molar-refractivity contribution in [2.75, 3.05) is 58.9 Å². The molecule has 29 heavy (non-hydrogen) atoms. The summed E-state index contributed by atoms with van der Waals surface area (Å²) in [5, 5.41) is 3.87. The predicted octanol–water partition coefficient (Wildman–Crippen LogP) is 2.37. The second-order valence-corrected chi connectivity index (χ2v) is 9.30. The normalized spacial score (nSPS) is 19.4. The summed E-state index contributed by atoms with van der Waals surface area (Å²) >= 11 is 1.87. The predicted molar refractivity (Wildman–Crippen MR) is 122 cm³/mol. The number of nitrogens with one attached hydrogen (secondary N) is 1. The largest absolute Gasteiger partial charge is 0.357 e. The van der Waals surface area contributed by atoms with Gasteiger partial charge in [0.15, 0.2) is 5.96 Å². The van der Waals surface area contributed by atoms with Crippen LogP contribution in [0.4, 0.5) is 0 Å². The third kappa shape index (κ3) is 6.93. The zero-order chi connectivity index (χ0) is 20.5. The number of guanidine groups is 1. The first-order chi connectivity index (χ1) is 14.2. The molecule has 1 atom stereocenters. The van der Waals surface area contributed by atoms with Gasteiger partial charge in [-0.05, 0) is 31.9 Å². The maximum Gasteiger partial charge on any atom is 0.236 e. The van der Waals surface area contributed by atoms with E-state index in [-0.39, 0.29) is 0 Å². The molecule has 160 valence electrons. The summed E-state index contributed by atoms with van der Waals surface area (Å²) in [7, 11) is 0. The Balaban J connectivity index is 1.46. The second-order valence-electron chi connectivity index (χ2n) is 7.79. The number of aliphatic imine (C=N–C) groups is 1. The highest BCUT2D eigenvalue weighted by atomic mass is 32.2. The fourth-order valence-corrected chi connectivity index (χ4v) is 4.71. The Labute approximate surface area is 179 Å². The first-order valence-electron chi connectivity index (χ1n) is 10.9. The number of rotatable bonds is 7. The Morgan fingerprint density at radius 2 is 1.76 bits per heavy atom. The number of hydrogen-bond acceptors (Lipinski definition) is 4. The molecule has 0 radical (unpaired) electrons. The maximum atomic E-state index is 12.4. The standard InChI is InChI=1S/C22H35N5OS/c1-3-23-22(24-17-19(2)29-20-9-5-4-6-10-20)27-15-13-25(14-16-27)18-21(28)26-11-7-8-12-26/h4-6,9-10,19H,3,7-8,11-18H2,1-2H3,(H,23,24). The molecule has 2 fully saturated rings. The molecule has 0 aromatic heterocycles. The minimum absolute atomic E-state index is 0.295. The lowest BCUT2D eigenvalue weighted by Gasteiger charge is -2.36. The molecule has 3 rings (SSSR count). The lowest BCUT2D eigenvalue weighted by molar-refractivity contribution is -0.131. The van der Waals surface area contributed by atoms with E-state index in [2.05, 4.69) is 59.3 Å². The van der Waals surface area contributed by atoms with Gasteiger partial charge in [-0.1, -0.05) is 25.1 Å². The van der Waals surface area contributed by atoms with E-state index >= 15 is 0 Å². The second kappa shape index (κ2) is 11.5. The SMILES string of the molecule is CCNC(=NCC(C)Sc1ccccc1)N1CCN(CC(=O)N2CCCC2)CC1. The lowest BCUT2D eigenvalue weighted by Crippen LogP contribution is -2.54. The minimum Gasteiger partial charge on any atom is -0.357 e. The van der Waals surface area contributed by atoms with Gasteiger partial charge in [-0.15, -0.1) is 11.8 Å². The summed E-state index contributed by atoms with van der Waals surface area (Å²) < 4.78 is 0. The van der Waals surface area contributed by atoms with E-state index < -0.39 is 0 Å². The summed E-state index contributed by atoms with van der Waals surface area (Å²) in [5.41, 5.74) is 0. The number of carbonyl (C=O) groups excluding carboxylic acids is 1. The zero-order valence-corrected chi connectivity index (χ0v) is 18.7. The smallest absolute Gasteiger partial charge is 0.236 e. The minimum atomic E-state index is 0.295. The third-order valence-electron chi connectivity index (χ3n) is 5.40. The topological polar surface area (TPSA) is 51.2 Å². The molecular weight excluding hydrogens is 382 g/mol. The summed E-state index contributed by atoms with van der Waals surface area (Å²) in [4.78, 5) is 25.2. The van der Waals surface area contributed by atoms with Crippen LogP contribution in [-0.2, 0) is 4.79 Å². The molecule has 2 aliphatic rings. The quantitative estimate of drug-likeness (QED) is 0.419. The van der Waals surface area contributed by atoms with Gasteiger partial charge in [0.1, 0.15) is 0 Å². The van der Waals surface area contributed by atoms with Crippen LogP contribution in [0.2, 0.25) is 0 Å². The Bertz CT molecular complexity index is 654. The van der Waals surface area contributed by atoms with Crippen LogP contribution in [0.3, 0.4) is 0 Å². The molecule has 0 saturated carbocycles. The van der Waals surface area contributed by atoms with Crippen LogP contribution in [0, 0.1) is 0 Å². The molecule has 0 bridgehead atoms. The number of nitrogens with zero attached hydrogens (tertiary/aromatic N) is 4. The van der Waals surface area contributed by atoms with Crippen molar-refractivity contribution >= 4 is 23.6 Å². The number of hydrogen-bond donors (Lipinski definition) is 1. The molecule has 7 heteroatoms. The highest BCUT2D eigenvalue weighted by molar-refractivity contribution is 8.00.